The molecule has 0 radical (unpaired) electrons. The molecule has 1 aliphatic rings. The summed E-state index contributed by atoms with van der Waals surface area (Å²) in [5.41, 5.74) is 2.24. The summed E-state index contributed by atoms with van der Waals surface area (Å²) in [5.74, 6) is 1.19. The molecule has 0 spiro atoms. The third-order valence-electron chi connectivity index (χ3n) is 6.38. The van der Waals surface area contributed by atoms with Gasteiger partial charge in [0.15, 0.2) is 11.5 Å². The fourth-order valence-electron chi connectivity index (χ4n) is 4.54. The van der Waals surface area contributed by atoms with E-state index in [0.717, 1.165) is 21.9 Å². The lowest BCUT2D eigenvalue weighted by Gasteiger charge is -2.19. The molecule has 4 aromatic carbocycles. The molecule has 0 saturated carbocycles. The molecule has 0 fully saturated rings. The number of carbonyl (C=O) groups is 2. The van der Waals surface area contributed by atoms with Gasteiger partial charge < -0.3 is 24.6 Å². The van der Waals surface area contributed by atoms with Crippen LogP contribution in [-0.2, 0) is 11.2 Å². The Morgan fingerprint density at radius 3 is 2.57 bits per heavy atom. The van der Waals surface area contributed by atoms with Gasteiger partial charge in [-0.05, 0) is 65.9 Å². The number of carboxylic acid groups (broad SMARTS) is 1. The van der Waals surface area contributed by atoms with Gasteiger partial charge in [-0.3, -0.25) is 9.59 Å². The molecule has 1 aliphatic heterocycles. The third-order valence-corrected chi connectivity index (χ3v) is 6.38. The van der Waals surface area contributed by atoms with E-state index in [1.165, 1.54) is 0 Å². The summed E-state index contributed by atoms with van der Waals surface area (Å²) in [5, 5.41) is 14.4. The normalized spacial score (nSPS) is 12.8. The Balaban J connectivity index is 1.40. The minimum absolute atomic E-state index is 0.0307. The molecule has 7 nitrogen and oxygen atoms in total. The smallest absolute Gasteiger partial charge is 0.303 e. The highest BCUT2D eigenvalue weighted by Crippen LogP contribution is 2.37. The van der Waals surface area contributed by atoms with Crippen molar-refractivity contribution >= 4 is 22.6 Å². The largest absolute Gasteiger partial charge is 0.481 e. The number of amides is 1. The molecule has 0 unspecified atom stereocenters. The number of carboxylic acids is 1. The number of benzene rings is 4. The topological polar surface area (TPSA) is 94.1 Å². The summed E-state index contributed by atoms with van der Waals surface area (Å²) in [6, 6.07) is 24.5. The highest BCUT2D eigenvalue weighted by atomic mass is 16.7. The van der Waals surface area contributed by atoms with Gasteiger partial charge in [-0.25, -0.2) is 0 Å². The van der Waals surface area contributed by atoms with Crippen LogP contribution in [-0.4, -0.2) is 23.8 Å². The highest BCUT2D eigenvalue weighted by Gasteiger charge is 2.19. The quantitative estimate of drug-likeness (QED) is 0.284. The molecular weight excluding hydrogens is 470 g/mol. The van der Waals surface area contributed by atoms with E-state index in [1.54, 1.807) is 30.3 Å². The molecule has 1 atom stereocenters. The molecule has 37 heavy (non-hydrogen) atoms. The van der Waals surface area contributed by atoms with Crippen molar-refractivity contribution in [3.8, 4) is 23.0 Å². The first-order valence-electron chi connectivity index (χ1n) is 12.2. The van der Waals surface area contributed by atoms with E-state index in [0.29, 0.717) is 41.4 Å². The van der Waals surface area contributed by atoms with Crippen LogP contribution in [0.25, 0.3) is 10.8 Å². The highest BCUT2D eigenvalue weighted by molar-refractivity contribution is 5.97. The van der Waals surface area contributed by atoms with Crippen LogP contribution in [0.2, 0.25) is 0 Å². The lowest BCUT2D eigenvalue weighted by atomic mass is 9.98. The lowest BCUT2D eigenvalue weighted by Crippen LogP contribution is -2.27. The van der Waals surface area contributed by atoms with Crippen LogP contribution in [0.1, 0.15) is 47.3 Å². The van der Waals surface area contributed by atoms with E-state index < -0.39 is 5.97 Å². The molecule has 1 amide bonds. The molecular formula is C30H27NO6. The maximum absolute atomic E-state index is 13.5. The summed E-state index contributed by atoms with van der Waals surface area (Å²) in [4.78, 5) is 24.6. The zero-order chi connectivity index (χ0) is 25.8. The van der Waals surface area contributed by atoms with Crippen molar-refractivity contribution in [3.63, 3.8) is 0 Å². The van der Waals surface area contributed by atoms with E-state index in [4.69, 9.17) is 19.3 Å². The van der Waals surface area contributed by atoms with Crippen molar-refractivity contribution in [1.29, 1.82) is 0 Å². The standard InChI is InChI=1S/C30H27NO6/c1-19(24-10-4-7-20-6-2-3-9-25(20)24)31-30(34)26-16-22(13-12-21(26)8-5-11-29(32)33)37-23-14-15-27-28(17-23)36-18-35-27/h2-4,6-7,9-10,12-17,19H,5,8,11,18H2,1H3,(H,31,34)(H,32,33)/t19-/m1/s1. The molecule has 0 saturated heterocycles. The third kappa shape index (κ3) is 5.51. The average Bonchev–Trinajstić information content (AvgIpc) is 3.37. The number of aryl methyl sites for hydroxylation is 1. The number of hydrogen-bond acceptors (Lipinski definition) is 5. The molecule has 5 rings (SSSR count). The Hall–Kier alpha value is -4.52. The summed E-state index contributed by atoms with van der Waals surface area (Å²) < 4.78 is 16.8. The lowest BCUT2D eigenvalue weighted by molar-refractivity contribution is -0.137. The van der Waals surface area contributed by atoms with Crippen LogP contribution in [0.4, 0.5) is 0 Å². The first-order chi connectivity index (χ1) is 18.0. The molecule has 0 aliphatic carbocycles. The van der Waals surface area contributed by atoms with Crippen LogP contribution in [0, 0.1) is 0 Å². The number of rotatable bonds is 9. The van der Waals surface area contributed by atoms with Crippen molar-refractivity contribution in [1.82, 2.24) is 5.32 Å². The average molecular weight is 498 g/mol. The van der Waals surface area contributed by atoms with Crippen molar-refractivity contribution in [2.24, 2.45) is 0 Å². The van der Waals surface area contributed by atoms with Crippen molar-refractivity contribution in [2.45, 2.75) is 32.2 Å². The number of carbonyl (C=O) groups excluding carboxylic acids is 1. The van der Waals surface area contributed by atoms with Crippen LogP contribution < -0.4 is 19.5 Å². The molecule has 2 N–H and O–H groups in total. The molecule has 1 heterocycles. The van der Waals surface area contributed by atoms with E-state index in [-0.39, 0.29) is 25.2 Å². The van der Waals surface area contributed by atoms with Crippen molar-refractivity contribution in [2.75, 3.05) is 6.79 Å². The van der Waals surface area contributed by atoms with E-state index >= 15 is 0 Å². The Morgan fingerprint density at radius 2 is 1.70 bits per heavy atom. The number of nitrogens with one attached hydrogen (secondary N) is 1. The molecule has 4 aromatic rings. The second-order valence-corrected chi connectivity index (χ2v) is 8.95. The minimum Gasteiger partial charge on any atom is -0.481 e. The zero-order valence-electron chi connectivity index (χ0n) is 20.4. The van der Waals surface area contributed by atoms with Crippen LogP contribution in [0.15, 0.2) is 78.9 Å². The molecule has 7 heteroatoms. The van der Waals surface area contributed by atoms with Gasteiger partial charge in [0.25, 0.3) is 5.91 Å². The zero-order valence-corrected chi connectivity index (χ0v) is 20.4. The fourth-order valence-corrected chi connectivity index (χ4v) is 4.54. The van der Waals surface area contributed by atoms with Gasteiger partial charge in [-0.2, -0.15) is 0 Å². The number of aliphatic carboxylic acids is 1. The first-order valence-corrected chi connectivity index (χ1v) is 12.2. The fraction of sp³-hybridized carbons (Fsp3) is 0.200. The summed E-state index contributed by atoms with van der Waals surface area (Å²) in [7, 11) is 0. The Labute approximate surface area is 214 Å². The molecule has 0 bridgehead atoms. The Bertz CT molecular complexity index is 1460. The summed E-state index contributed by atoms with van der Waals surface area (Å²) in [6.07, 6.45) is 0.918. The predicted molar refractivity (Wildman–Crippen MR) is 139 cm³/mol. The predicted octanol–water partition coefficient (Wildman–Crippen LogP) is 6.26. The van der Waals surface area contributed by atoms with E-state index in [1.807, 2.05) is 55.5 Å². The summed E-state index contributed by atoms with van der Waals surface area (Å²) in [6.45, 7) is 2.12. The van der Waals surface area contributed by atoms with Crippen molar-refractivity contribution in [3.05, 3.63) is 95.6 Å². The number of fused-ring (bicyclic) bond motifs is 2. The van der Waals surface area contributed by atoms with E-state index in [9.17, 15) is 9.59 Å². The maximum atomic E-state index is 13.5. The van der Waals surface area contributed by atoms with Gasteiger partial charge in [0.1, 0.15) is 11.5 Å². The first kappa shape index (κ1) is 24.2. The monoisotopic (exact) mass is 497 g/mol. The van der Waals surface area contributed by atoms with E-state index in [2.05, 4.69) is 5.32 Å². The number of ether oxygens (including phenoxy) is 3. The minimum atomic E-state index is -0.863. The second kappa shape index (κ2) is 10.6. The van der Waals surface area contributed by atoms with Gasteiger partial charge in [-0.1, -0.05) is 48.5 Å². The van der Waals surface area contributed by atoms with Gasteiger partial charge in [-0.15, -0.1) is 0 Å². The van der Waals surface area contributed by atoms with Crippen LogP contribution >= 0.6 is 0 Å². The summed E-state index contributed by atoms with van der Waals surface area (Å²) >= 11 is 0. The van der Waals surface area contributed by atoms with Crippen LogP contribution in [0.5, 0.6) is 23.0 Å². The van der Waals surface area contributed by atoms with Crippen LogP contribution in [0.3, 0.4) is 0 Å². The Morgan fingerprint density at radius 1 is 0.946 bits per heavy atom. The SMILES string of the molecule is C[C@@H](NC(=O)c1cc(Oc2ccc3c(c2)OCO3)ccc1CCCC(=O)O)c1cccc2ccccc12. The molecule has 188 valence electrons. The van der Waals surface area contributed by atoms with Crippen molar-refractivity contribution < 1.29 is 28.9 Å². The van der Waals surface area contributed by atoms with Gasteiger partial charge in [0, 0.05) is 18.1 Å². The Kier molecular flexibility index (Phi) is 6.94. The second-order valence-electron chi connectivity index (χ2n) is 8.95. The molecule has 0 aromatic heterocycles. The van der Waals surface area contributed by atoms with Gasteiger partial charge in [0.05, 0.1) is 6.04 Å². The van der Waals surface area contributed by atoms with Gasteiger partial charge >= 0.3 is 5.97 Å². The van der Waals surface area contributed by atoms with Gasteiger partial charge in [0.2, 0.25) is 6.79 Å². The maximum Gasteiger partial charge on any atom is 0.303 e. The number of hydrogen-bond donors (Lipinski definition) is 2.